The monoisotopic (exact) mass is 424 g/mol. The molecule has 0 radical (unpaired) electrons. The second-order valence-electron chi connectivity index (χ2n) is 7.52. The number of nitrogens with one attached hydrogen (secondary N) is 1. The zero-order valence-corrected chi connectivity index (χ0v) is 17.4. The maximum Gasteiger partial charge on any atom is 0.330 e. The quantitative estimate of drug-likeness (QED) is 0.538. The van der Waals surface area contributed by atoms with Crippen LogP contribution >= 0.6 is 0 Å². The van der Waals surface area contributed by atoms with E-state index >= 15 is 0 Å². The molecule has 0 fully saturated rings. The highest BCUT2D eigenvalue weighted by Crippen LogP contribution is 2.48. The van der Waals surface area contributed by atoms with Crippen molar-refractivity contribution in [2.75, 3.05) is 9.80 Å². The maximum atomic E-state index is 13.7. The predicted octanol–water partition coefficient (Wildman–Crippen LogP) is 4.05. The lowest BCUT2D eigenvalue weighted by molar-refractivity contribution is -0.115. The fraction of sp³-hybridized carbons (Fsp3) is 0.0800. The first-order valence-electron chi connectivity index (χ1n) is 10.2. The molecule has 0 saturated heterocycles. The molecule has 1 aliphatic rings. The lowest BCUT2D eigenvalue weighted by atomic mass is 10.1. The Morgan fingerprint density at radius 1 is 0.812 bits per heavy atom. The lowest BCUT2D eigenvalue weighted by Crippen LogP contribution is -2.44. The Labute approximate surface area is 183 Å². The summed E-state index contributed by atoms with van der Waals surface area (Å²) < 4.78 is 1.13. The minimum Gasteiger partial charge on any atom is -0.292 e. The summed E-state index contributed by atoms with van der Waals surface area (Å²) in [6, 6.07) is 26.0. The molecular formula is C25H20N4O3. The highest BCUT2D eigenvalue weighted by atomic mass is 16.2. The number of aromatic amines is 1. The molecule has 1 amide bonds. The van der Waals surface area contributed by atoms with E-state index in [1.54, 1.807) is 11.0 Å². The van der Waals surface area contributed by atoms with Crippen LogP contribution in [-0.4, -0.2) is 15.5 Å². The number of aromatic nitrogens is 2. The number of rotatable bonds is 3. The molecule has 32 heavy (non-hydrogen) atoms. The van der Waals surface area contributed by atoms with Gasteiger partial charge >= 0.3 is 5.69 Å². The first kappa shape index (κ1) is 19.6. The molecule has 0 spiro atoms. The van der Waals surface area contributed by atoms with E-state index in [1.165, 1.54) is 11.8 Å². The summed E-state index contributed by atoms with van der Waals surface area (Å²) in [4.78, 5) is 45.5. The summed E-state index contributed by atoms with van der Waals surface area (Å²) in [6.07, 6.45) is 0. The molecule has 1 aliphatic heterocycles. The van der Waals surface area contributed by atoms with Gasteiger partial charge in [0.25, 0.3) is 5.56 Å². The summed E-state index contributed by atoms with van der Waals surface area (Å²) in [5.74, 6) is -0.0498. The molecular weight excluding hydrogens is 404 g/mol. The van der Waals surface area contributed by atoms with Crippen LogP contribution in [0.4, 0.5) is 28.6 Å². The Kier molecular flexibility index (Phi) is 4.71. The van der Waals surface area contributed by atoms with Crippen molar-refractivity contribution in [2.45, 2.75) is 13.5 Å². The summed E-state index contributed by atoms with van der Waals surface area (Å²) in [5.41, 5.74) is 1.89. The van der Waals surface area contributed by atoms with Gasteiger partial charge in [-0.1, -0.05) is 60.7 Å². The highest BCUT2D eigenvalue weighted by molar-refractivity contribution is 6.09. The van der Waals surface area contributed by atoms with E-state index in [1.807, 2.05) is 78.9 Å². The molecule has 2 heterocycles. The Balaban J connectivity index is 1.80. The molecule has 4 aromatic rings. The standard InChI is InChI=1S/C25H20N4O3/c1-17(30)28-20-14-8-9-15-21(20)29(19-12-6-3-7-13-19)23-22(28)24(31)27(25(32)26-23)16-18-10-4-2-5-11-18/h2-15H,16H2,1H3,(H,26,32). The number of fused-ring (bicyclic) bond motifs is 2. The third-order valence-corrected chi connectivity index (χ3v) is 5.47. The second kappa shape index (κ2) is 7.70. The number of H-pyrrole nitrogens is 1. The van der Waals surface area contributed by atoms with Crippen LogP contribution in [0.25, 0.3) is 0 Å². The molecule has 0 aliphatic carbocycles. The zero-order valence-electron chi connectivity index (χ0n) is 17.4. The van der Waals surface area contributed by atoms with Crippen molar-refractivity contribution in [3.05, 3.63) is 111 Å². The van der Waals surface area contributed by atoms with Gasteiger partial charge in [-0.2, -0.15) is 0 Å². The zero-order chi connectivity index (χ0) is 22.2. The van der Waals surface area contributed by atoms with Gasteiger partial charge in [0, 0.05) is 12.6 Å². The molecule has 3 aromatic carbocycles. The molecule has 7 heteroatoms. The smallest absolute Gasteiger partial charge is 0.292 e. The number of carbonyl (C=O) groups excluding carboxylic acids is 1. The Hall–Kier alpha value is -4.39. The average molecular weight is 424 g/mol. The van der Waals surface area contributed by atoms with Crippen LogP contribution in [0.1, 0.15) is 12.5 Å². The minimum absolute atomic E-state index is 0.0982. The van der Waals surface area contributed by atoms with Gasteiger partial charge in [-0.05, 0) is 29.8 Å². The summed E-state index contributed by atoms with van der Waals surface area (Å²) in [7, 11) is 0. The fourth-order valence-electron chi connectivity index (χ4n) is 4.08. The van der Waals surface area contributed by atoms with Crippen molar-refractivity contribution >= 4 is 34.5 Å². The first-order valence-corrected chi connectivity index (χ1v) is 10.2. The van der Waals surface area contributed by atoms with Crippen LogP contribution in [0.3, 0.4) is 0 Å². The topological polar surface area (TPSA) is 78.4 Å². The van der Waals surface area contributed by atoms with E-state index in [2.05, 4.69) is 4.98 Å². The van der Waals surface area contributed by atoms with E-state index in [-0.39, 0.29) is 24.0 Å². The van der Waals surface area contributed by atoms with Gasteiger partial charge in [0.05, 0.1) is 17.9 Å². The molecule has 0 bridgehead atoms. The van der Waals surface area contributed by atoms with Crippen LogP contribution in [0.5, 0.6) is 0 Å². The molecule has 158 valence electrons. The Bertz CT molecular complexity index is 1430. The van der Waals surface area contributed by atoms with E-state index in [4.69, 9.17) is 0 Å². The molecule has 0 atom stereocenters. The van der Waals surface area contributed by atoms with Crippen LogP contribution in [0.2, 0.25) is 0 Å². The van der Waals surface area contributed by atoms with Gasteiger partial charge in [0.15, 0.2) is 5.69 Å². The number of amides is 1. The van der Waals surface area contributed by atoms with Crippen molar-refractivity contribution in [1.82, 2.24) is 9.55 Å². The van der Waals surface area contributed by atoms with Crippen molar-refractivity contribution in [3.8, 4) is 0 Å². The van der Waals surface area contributed by atoms with Gasteiger partial charge in [0.1, 0.15) is 5.82 Å². The molecule has 0 unspecified atom stereocenters. The third-order valence-electron chi connectivity index (χ3n) is 5.47. The Morgan fingerprint density at radius 3 is 2.06 bits per heavy atom. The van der Waals surface area contributed by atoms with Crippen molar-refractivity contribution in [1.29, 1.82) is 0 Å². The molecule has 0 saturated carbocycles. The van der Waals surface area contributed by atoms with E-state index in [0.29, 0.717) is 11.4 Å². The lowest BCUT2D eigenvalue weighted by Gasteiger charge is -2.37. The van der Waals surface area contributed by atoms with E-state index in [9.17, 15) is 14.4 Å². The number of carbonyl (C=O) groups is 1. The van der Waals surface area contributed by atoms with Crippen molar-refractivity contribution < 1.29 is 4.79 Å². The summed E-state index contributed by atoms with van der Waals surface area (Å²) in [5, 5.41) is 0. The number of para-hydroxylation sites is 3. The third kappa shape index (κ3) is 3.11. The average Bonchev–Trinajstić information content (AvgIpc) is 2.81. The SMILES string of the molecule is CC(=O)N1c2ccccc2N(c2ccccc2)c2[nH]c(=O)n(Cc3ccccc3)c(=O)c21. The largest absolute Gasteiger partial charge is 0.330 e. The van der Waals surface area contributed by atoms with Crippen LogP contribution in [0.15, 0.2) is 94.5 Å². The normalized spacial score (nSPS) is 12.3. The molecule has 1 aromatic heterocycles. The van der Waals surface area contributed by atoms with Crippen LogP contribution in [0, 0.1) is 0 Å². The minimum atomic E-state index is -0.540. The summed E-state index contributed by atoms with van der Waals surface area (Å²) in [6.45, 7) is 1.51. The molecule has 1 N–H and O–H groups in total. The van der Waals surface area contributed by atoms with Crippen LogP contribution in [-0.2, 0) is 11.3 Å². The van der Waals surface area contributed by atoms with Gasteiger partial charge < -0.3 is 0 Å². The van der Waals surface area contributed by atoms with E-state index < -0.39 is 11.2 Å². The molecule has 5 rings (SSSR count). The van der Waals surface area contributed by atoms with Crippen LogP contribution < -0.4 is 21.0 Å². The van der Waals surface area contributed by atoms with E-state index in [0.717, 1.165) is 15.8 Å². The maximum absolute atomic E-state index is 13.7. The molecule has 7 nitrogen and oxygen atoms in total. The Morgan fingerprint density at radius 2 is 1.41 bits per heavy atom. The van der Waals surface area contributed by atoms with Gasteiger partial charge in [-0.25, -0.2) is 4.79 Å². The van der Waals surface area contributed by atoms with Gasteiger partial charge in [-0.15, -0.1) is 0 Å². The number of hydrogen-bond acceptors (Lipinski definition) is 4. The predicted molar refractivity (Wildman–Crippen MR) is 124 cm³/mol. The highest BCUT2D eigenvalue weighted by Gasteiger charge is 2.35. The number of anilines is 5. The number of benzene rings is 3. The number of nitrogens with zero attached hydrogens (tertiary/aromatic N) is 3. The van der Waals surface area contributed by atoms with Crippen molar-refractivity contribution in [2.24, 2.45) is 0 Å². The summed E-state index contributed by atoms with van der Waals surface area (Å²) >= 11 is 0. The first-order chi connectivity index (χ1) is 15.6. The second-order valence-corrected chi connectivity index (χ2v) is 7.52. The van der Waals surface area contributed by atoms with Crippen molar-refractivity contribution in [3.63, 3.8) is 0 Å². The fourth-order valence-corrected chi connectivity index (χ4v) is 4.08. The number of hydrogen-bond donors (Lipinski definition) is 1. The van der Waals surface area contributed by atoms with Gasteiger partial charge in [-0.3, -0.25) is 28.9 Å². The van der Waals surface area contributed by atoms with Gasteiger partial charge in [0.2, 0.25) is 5.91 Å².